The maximum Gasteiger partial charge on any atom is 0.407 e. The fourth-order valence-corrected chi connectivity index (χ4v) is 3.83. The van der Waals surface area contributed by atoms with Crippen molar-refractivity contribution in [3.8, 4) is 23.0 Å². The highest BCUT2D eigenvalue weighted by atomic mass is 16.6. The van der Waals surface area contributed by atoms with Gasteiger partial charge in [0, 0.05) is 12.1 Å². The van der Waals surface area contributed by atoms with Gasteiger partial charge in [0.2, 0.25) is 0 Å². The molecule has 260 valence electrons. The molecule has 48 heavy (non-hydrogen) atoms. The number of esters is 1. The number of para-hydroxylation sites is 2. The number of hydrogen-bond donors (Lipinski definition) is 2. The molecular weight excluding hydrogens is 622 g/mol. The predicted molar refractivity (Wildman–Crippen MR) is 178 cm³/mol. The first kappa shape index (κ1) is 37.7. The highest BCUT2D eigenvalue weighted by Gasteiger charge is 2.16. The normalized spacial score (nSPS) is 11.9. The lowest BCUT2D eigenvalue weighted by Crippen LogP contribution is -2.36. The van der Waals surface area contributed by atoms with Crippen LogP contribution < -0.4 is 24.3 Å². The molecule has 0 radical (unpaired) electrons. The molecule has 3 aromatic rings. The van der Waals surface area contributed by atoms with Crippen molar-refractivity contribution >= 4 is 12.1 Å². The average Bonchev–Trinajstić information content (AvgIpc) is 3.10. The molecule has 3 aromatic carbocycles. The van der Waals surface area contributed by atoms with E-state index in [-0.39, 0.29) is 52.8 Å². The van der Waals surface area contributed by atoms with Gasteiger partial charge in [-0.25, -0.2) is 9.59 Å². The van der Waals surface area contributed by atoms with Gasteiger partial charge < -0.3 is 48.3 Å². The Kier molecular flexibility index (Phi) is 17.8. The van der Waals surface area contributed by atoms with Gasteiger partial charge in [0.05, 0.1) is 33.0 Å². The van der Waals surface area contributed by atoms with Gasteiger partial charge in [-0.2, -0.15) is 0 Å². The number of carbonyl (C=O) groups is 2. The molecule has 0 aliphatic heterocycles. The molecule has 2 N–H and O–H groups in total. The van der Waals surface area contributed by atoms with Crippen molar-refractivity contribution in [1.82, 2.24) is 5.32 Å². The zero-order valence-corrected chi connectivity index (χ0v) is 27.3. The van der Waals surface area contributed by atoms with Crippen LogP contribution in [0.1, 0.15) is 13.3 Å². The van der Waals surface area contributed by atoms with Crippen molar-refractivity contribution in [2.24, 2.45) is 0 Å². The van der Waals surface area contributed by atoms with E-state index in [2.05, 4.69) is 11.9 Å². The molecule has 0 saturated heterocycles. The molecule has 0 aromatic heterocycles. The summed E-state index contributed by atoms with van der Waals surface area (Å²) in [7, 11) is 0. The van der Waals surface area contributed by atoms with E-state index < -0.39 is 24.3 Å². The van der Waals surface area contributed by atoms with Crippen LogP contribution in [0.4, 0.5) is 4.79 Å². The third-order valence-electron chi connectivity index (χ3n) is 6.24. The first-order valence-electron chi connectivity index (χ1n) is 15.7. The van der Waals surface area contributed by atoms with E-state index in [1.807, 2.05) is 48.5 Å². The molecular formula is C36H45NO11. The van der Waals surface area contributed by atoms with Gasteiger partial charge in [0.25, 0.3) is 0 Å². The van der Waals surface area contributed by atoms with Gasteiger partial charge in [-0.3, -0.25) is 0 Å². The number of benzene rings is 3. The minimum absolute atomic E-state index is 0.0876. The summed E-state index contributed by atoms with van der Waals surface area (Å²) in [4.78, 5) is 23.8. The van der Waals surface area contributed by atoms with Crippen LogP contribution in [0.25, 0.3) is 0 Å². The van der Waals surface area contributed by atoms with Crippen molar-refractivity contribution in [1.29, 1.82) is 0 Å². The van der Waals surface area contributed by atoms with Crippen molar-refractivity contribution < 1.29 is 52.6 Å². The Morgan fingerprint density at radius 1 is 0.667 bits per heavy atom. The van der Waals surface area contributed by atoms with E-state index in [0.29, 0.717) is 48.2 Å². The van der Waals surface area contributed by atoms with Gasteiger partial charge in [-0.1, -0.05) is 43.0 Å². The fourth-order valence-electron chi connectivity index (χ4n) is 3.83. The van der Waals surface area contributed by atoms with Crippen molar-refractivity contribution in [3.63, 3.8) is 0 Å². The van der Waals surface area contributed by atoms with Crippen LogP contribution >= 0.6 is 0 Å². The Labute approximate surface area is 281 Å². The Balaban J connectivity index is 1.28. The number of carbonyl (C=O) groups excluding carboxylic acids is 2. The molecule has 2 atom stereocenters. The summed E-state index contributed by atoms with van der Waals surface area (Å²) >= 11 is 0. The lowest BCUT2D eigenvalue weighted by molar-refractivity contribution is -0.138. The number of rotatable bonds is 24. The van der Waals surface area contributed by atoms with Crippen LogP contribution in [0.15, 0.2) is 97.1 Å². The predicted octanol–water partition coefficient (Wildman–Crippen LogP) is 4.60. The van der Waals surface area contributed by atoms with Crippen molar-refractivity contribution in [2.45, 2.75) is 25.6 Å². The maximum absolute atomic E-state index is 12.3. The molecule has 1 amide bonds. The first-order valence-corrected chi connectivity index (χ1v) is 15.7. The quantitative estimate of drug-likeness (QED) is 0.0787. The fraction of sp³-hybridized carbons (Fsp3) is 0.389. The molecule has 0 aliphatic carbocycles. The summed E-state index contributed by atoms with van der Waals surface area (Å²) in [5.74, 6) is 2.15. The largest absolute Gasteiger partial charge is 0.491 e. The third kappa shape index (κ3) is 16.7. The summed E-state index contributed by atoms with van der Waals surface area (Å²) in [5.41, 5.74) is 0.315. The maximum atomic E-state index is 12.3. The second-order valence-corrected chi connectivity index (χ2v) is 10.4. The summed E-state index contributed by atoms with van der Waals surface area (Å²) in [6, 6.07) is 25.6. The molecule has 0 spiro atoms. The van der Waals surface area contributed by atoms with Crippen LogP contribution in [-0.4, -0.2) is 95.4 Å². The van der Waals surface area contributed by atoms with E-state index in [9.17, 15) is 14.7 Å². The highest BCUT2D eigenvalue weighted by molar-refractivity contribution is 5.86. The van der Waals surface area contributed by atoms with Crippen LogP contribution in [0, 0.1) is 0 Å². The molecule has 0 aliphatic rings. The Morgan fingerprint density at radius 2 is 1.19 bits per heavy atom. The first-order chi connectivity index (χ1) is 23.4. The molecule has 0 heterocycles. The zero-order chi connectivity index (χ0) is 34.2. The molecule has 0 fully saturated rings. The Bertz CT molecular complexity index is 1320. The van der Waals surface area contributed by atoms with Crippen LogP contribution in [0.3, 0.4) is 0 Å². The lowest BCUT2D eigenvalue weighted by atomic mass is 10.3. The number of hydrogen-bond acceptors (Lipinski definition) is 11. The van der Waals surface area contributed by atoms with Crippen LogP contribution in [0.5, 0.6) is 23.0 Å². The summed E-state index contributed by atoms with van der Waals surface area (Å²) in [6.45, 7) is 7.11. The highest BCUT2D eigenvalue weighted by Crippen LogP contribution is 2.17. The van der Waals surface area contributed by atoms with Gasteiger partial charge >= 0.3 is 12.1 Å². The minimum atomic E-state index is -0.742. The molecule has 0 bridgehead atoms. The van der Waals surface area contributed by atoms with Crippen molar-refractivity contribution in [2.75, 3.05) is 66.0 Å². The molecule has 12 nitrogen and oxygen atoms in total. The summed E-state index contributed by atoms with van der Waals surface area (Å²) in [6.07, 6.45) is -1.64. The minimum Gasteiger partial charge on any atom is -0.491 e. The zero-order valence-electron chi connectivity index (χ0n) is 27.3. The standard InChI is InChI=1S/C36H45NO11/c1-28(2)35(39)45-19-9-18-37-36(40)48-34(27-47-31-12-7-4-8-13-31)26-42-21-23-44-33-16-14-32(15-17-33)43-22-20-41-24-29(38)25-46-30-10-5-3-6-11-30/h3-8,10-17,29,34,38H,1,9,18-27H2,2H3,(H,37,40). The molecule has 12 heteroatoms. The molecule has 3 rings (SSSR count). The molecule has 2 unspecified atom stereocenters. The van der Waals surface area contributed by atoms with E-state index >= 15 is 0 Å². The van der Waals surface area contributed by atoms with E-state index in [1.165, 1.54) is 0 Å². The molecule has 0 saturated carbocycles. The Morgan fingerprint density at radius 3 is 1.75 bits per heavy atom. The monoisotopic (exact) mass is 667 g/mol. The van der Waals surface area contributed by atoms with Crippen molar-refractivity contribution in [3.05, 3.63) is 97.1 Å². The average molecular weight is 668 g/mol. The van der Waals surface area contributed by atoms with Crippen LogP contribution in [0.2, 0.25) is 0 Å². The Hall–Kier alpha value is -4.78. The van der Waals surface area contributed by atoms with Gasteiger partial charge in [0.15, 0.2) is 6.10 Å². The number of nitrogens with one attached hydrogen (secondary N) is 1. The van der Waals surface area contributed by atoms with Gasteiger partial charge in [-0.15, -0.1) is 0 Å². The van der Waals surface area contributed by atoms with Gasteiger partial charge in [-0.05, 0) is 61.9 Å². The lowest BCUT2D eigenvalue weighted by Gasteiger charge is -2.19. The SMILES string of the molecule is C=C(C)C(=O)OCCCNC(=O)OC(COCCOc1ccc(OCCOCC(O)COc2ccccc2)cc1)COc1ccccc1. The van der Waals surface area contributed by atoms with Crippen LogP contribution in [-0.2, 0) is 23.7 Å². The van der Waals surface area contributed by atoms with Gasteiger partial charge in [0.1, 0.15) is 55.5 Å². The third-order valence-corrected chi connectivity index (χ3v) is 6.24. The number of aliphatic hydroxyl groups excluding tert-OH is 1. The smallest absolute Gasteiger partial charge is 0.407 e. The van der Waals surface area contributed by atoms with E-state index in [4.69, 9.17) is 37.9 Å². The summed E-state index contributed by atoms with van der Waals surface area (Å²) < 4.78 is 44.4. The second kappa shape index (κ2) is 22.7. The number of aliphatic hydroxyl groups is 1. The number of amides is 1. The topological polar surface area (TPSA) is 140 Å². The number of ether oxygens (including phenoxy) is 8. The number of alkyl carbamates (subject to hydrolysis) is 1. The second-order valence-electron chi connectivity index (χ2n) is 10.4. The van der Waals surface area contributed by atoms with E-state index in [0.717, 1.165) is 0 Å². The summed E-state index contributed by atoms with van der Waals surface area (Å²) in [5, 5.41) is 12.6. The van der Waals surface area contributed by atoms with E-state index in [1.54, 1.807) is 43.3 Å².